The Balaban J connectivity index is 3.48. The van der Waals surface area contributed by atoms with Crippen molar-refractivity contribution in [3.63, 3.8) is 0 Å². The molecular weight excluding hydrogens is 284 g/mol. The Kier molecular flexibility index (Phi) is 4.94. The lowest BCUT2D eigenvalue weighted by atomic mass is 10.4. The van der Waals surface area contributed by atoms with Crippen molar-refractivity contribution < 1.29 is 13.3 Å². The average Bonchev–Trinajstić information content (AvgIpc) is 2.37. The van der Waals surface area contributed by atoms with E-state index in [0.29, 0.717) is 0 Å². The van der Waals surface area contributed by atoms with Crippen LogP contribution >= 0.6 is 0 Å². The highest BCUT2D eigenvalue weighted by Gasteiger charge is 2.32. The summed E-state index contributed by atoms with van der Waals surface area (Å²) in [4.78, 5) is 13.2. The lowest BCUT2D eigenvalue weighted by Crippen LogP contribution is -2.32. The average molecular weight is 298 g/mol. The maximum atomic E-state index is 12.4. The molecule has 0 spiro atoms. The predicted molar refractivity (Wildman–Crippen MR) is 74.5 cm³/mol. The highest BCUT2D eigenvalue weighted by Crippen LogP contribution is 2.30. The maximum Gasteiger partial charge on any atom is 0.331 e. The maximum absolute atomic E-state index is 12.4. The van der Waals surface area contributed by atoms with Gasteiger partial charge in [0.1, 0.15) is 0 Å². The number of anilines is 1. The summed E-state index contributed by atoms with van der Waals surface area (Å²) >= 11 is 0. The largest absolute Gasteiger partial charge is 0.378 e. The minimum absolute atomic E-state index is 0.00622. The highest BCUT2D eigenvalue weighted by molar-refractivity contribution is 7.89. The number of nitrogens with two attached hydrogens (primary N) is 1. The molecule has 9 heteroatoms. The summed E-state index contributed by atoms with van der Waals surface area (Å²) in [5.41, 5.74) is 4.66. The molecule has 1 rings (SSSR count). The molecule has 0 radical (unpaired) electrons. The van der Waals surface area contributed by atoms with Gasteiger partial charge in [-0.2, -0.15) is 4.31 Å². The molecule has 0 aliphatic rings. The second kappa shape index (κ2) is 6.26. The van der Waals surface area contributed by atoms with Crippen LogP contribution in [0.15, 0.2) is 42.5 Å². The number of hydrogen-bond donors (Lipinski definition) is 1. The Morgan fingerprint density at radius 3 is 2.40 bits per heavy atom. The molecule has 2 N–H and O–H groups in total. The standard InChI is InChI=1S/C11H14N4O4S/c1-3-7-14(8-4-2)20(18,19)9-5-6-13-11(12)10(9)15(16)17/h3-6H,1-2,7-8H2,(H2,12,13). The van der Waals surface area contributed by atoms with Crippen LogP contribution in [0.3, 0.4) is 0 Å². The van der Waals surface area contributed by atoms with E-state index in [1.807, 2.05) is 0 Å². The predicted octanol–water partition coefficient (Wildman–Crippen LogP) is 0.935. The number of nitrogens with zero attached hydrogens (tertiary/aromatic N) is 3. The monoisotopic (exact) mass is 298 g/mol. The van der Waals surface area contributed by atoms with Crippen molar-refractivity contribution in [1.82, 2.24) is 9.29 Å². The minimum atomic E-state index is -4.09. The fraction of sp³-hybridized carbons (Fsp3) is 0.182. The summed E-state index contributed by atoms with van der Waals surface area (Å²) in [6.45, 7) is 6.89. The zero-order chi connectivity index (χ0) is 15.3. The van der Waals surface area contributed by atoms with Crippen molar-refractivity contribution in [2.75, 3.05) is 18.8 Å². The van der Waals surface area contributed by atoms with Crippen molar-refractivity contribution in [2.24, 2.45) is 0 Å². The topological polar surface area (TPSA) is 119 Å². The molecule has 8 nitrogen and oxygen atoms in total. The number of nitro groups is 1. The lowest BCUT2D eigenvalue weighted by Gasteiger charge is -2.18. The van der Waals surface area contributed by atoms with E-state index >= 15 is 0 Å². The van der Waals surface area contributed by atoms with Gasteiger partial charge in [0.15, 0.2) is 4.90 Å². The molecule has 0 fully saturated rings. The van der Waals surface area contributed by atoms with Gasteiger partial charge in [0.05, 0.1) is 4.92 Å². The summed E-state index contributed by atoms with van der Waals surface area (Å²) in [5, 5.41) is 11.0. The van der Waals surface area contributed by atoms with Crippen molar-refractivity contribution >= 4 is 21.5 Å². The third-order valence-corrected chi connectivity index (χ3v) is 4.24. The zero-order valence-corrected chi connectivity index (χ0v) is 11.4. The van der Waals surface area contributed by atoms with Gasteiger partial charge in [0.2, 0.25) is 5.82 Å². The summed E-state index contributed by atoms with van der Waals surface area (Å²) in [6.07, 6.45) is 3.85. The van der Waals surface area contributed by atoms with Crippen LogP contribution in [0.1, 0.15) is 0 Å². The van der Waals surface area contributed by atoms with Crippen LogP contribution in [-0.4, -0.2) is 35.7 Å². The van der Waals surface area contributed by atoms with Crippen molar-refractivity contribution in [3.8, 4) is 0 Å². The number of nitrogen functional groups attached to an aromatic ring is 1. The Morgan fingerprint density at radius 1 is 1.40 bits per heavy atom. The number of sulfonamides is 1. The molecule has 1 aromatic rings. The van der Waals surface area contributed by atoms with Crippen LogP contribution in [-0.2, 0) is 10.0 Å². The SMILES string of the molecule is C=CCN(CC=C)S(=O)(=O)c1ccnc(N)c1[N+](=O)[O-]. The van der Waals surface area contributed by atoms with E-state index in [0.717, 1.165) is 16.6 Å². The van der Waals surface area contributed by atoms with Gasteiger partial charge in [-0.3, -0.25) is 10.1 Å². The zero-order valence-electron chi connectivity index (χ0n) is 10.6. The van der Waals surface area contributed by atoms with Crippen LogP contribution in [0.25, 0.3) is 0 Å². The van der Waals surface area contributed by atoms with Gasteiger partial charge in [-0.1, -0.05) is 12.2 Å². The van der Waals surface area contributed by atoms with Crippen LogP contribution in [0.4, 0.5) is 11.5 Å². The van der Waals surface area contributed by atoms with Gasteiger partial charge in [-0.25, -0.2) is 13.4 Å². The Morgan fingerprint density at radius 2 is 1.95 bits per heavy atom. The van der Waals surface area contributed by atoms with Crippen molar-refractivity contribution in [3.05, 3.63) is 47.7 Å². The number of rotatable bonds is 7. The van der Waals surface area contributed by atoms with Gasteiger partial charge in [0.25, 0.3) is 10.0 Å². The summed E-state index contributed by atoms with van der Waals surface area (Å²) in [7, 11) is -4.09. The second-order valence-electron chi connectivity index (χ2n) is 3.70. The van der Waals surface area contributed by atoms with Crippen LogP contribution < -0.4 is 5.73 Å². The second-order valence-corrected chi connectivity index (χ2v) is 5.61. The first-order valence-electron chi connectivity index (χ1n) is 5.47. The first kappa shape index (κ1) is 15.8. The van der Waals surface area contributed by atoms with E-state index in [1.165, 1.54) is 12.2 Å². The van der Waals surface area contributed by atoms with Crippen molar-refractivity contribution in [2.45, 2.75) is 4.90 Å². The molecule has 1 aromatic heterocycles. The summed E-state index contributed by atoms with van der Waals surface area (Å²) in [5.74, 6) is -0.451. The molecule has 0 aromatic carbocycles. The highest BCUT2D eigenvalue weighted by atomic mass is 32.2. The van der Waals surface area contributed by atoms with Crippen LogP contribution in [0.5, 0.6) is 0 Å². The van der Waals surface area contributed by atoms with Crippen molar-refractivity contribution in [1.29, 1.82) is 0 Å². The van der Waals surface area contributed by atoms with E-state index in [9.17, 15) is 18.5 Å². The van der Waals surface area contributed by atoms with E-state index in [1.54, 1.807) is 0 Å². The molecule has 0 saturated carbocycles. The van der Waals surface area contributed by atoms with Gasteiger partial charge in [-0.05, 0) is 6.07 Å². The number of pyridine rings is 1. The molecule has 0 saturated heterocycles. The third kappa shape index (κ3) is 3.00. The fourth-order valence-corrected chi connectivity index (χ4v) is 3.08. The summed E-state index contributed by atoms with van der Waals surface area (Å²) < 4.78 is 25.9. The van der Waals surface area contributed by atoms with Gasteiger partial charge < -0.3 is 5.73 Å². The molecule has 0 amide bonds. The summed E-state index contributed by atoms with van der Waals surface area (Å²) in [6, 6.07) is 1.04. The number of aromatic nitrogens is 1. The van der Waals surface area contributed by atoms with Gasteiger partial charge in [0, 0.05) is 19.3 Å². The fourth-order valence-electron chi connectivity index (χ4n) is 1.54. The van der Waals surface area contributed by atoms with Crippen LogP contribution in [0.2, 0.25) is 0 Å². The molecule has 20 heavy (non-hydrogen) atoms. The van der Waals surface area contributed by atoms with E-state index < -0.39 is 31.3 Å². The Hall–Kier alpha value is -2.26. The van der Waals surface area contributed by atoms with Gasteiger partial charge >= 0.3 is 5.69 Å². The van der Waals surface area contributed by atoms with Crippen LogP contribution in [0, 0.1) is 10.1 Å². The molecule has 1 heterocycles. The normalized spacial score (nSPS) is 11.2. The quantitative estimate of drug-likeness (QED) is 0.454. The molecule has 0 atom stereocenters. The Bertz CT molecular complexity index is 632. The smallest absolute Gasteiger partial charge is 0.331 e. The van der Waals surface area contributed by atoms with Gasteiger partial charge in [-0.15, -0.1) is 13.2 Å². The van der Waals surface area contributed by atoms with E-state index in [4.69, 9.17) is 5.73 Å². The molecule has 0 unspecified atom stereocenters. The molecular formula is C11H14N4O4S. The minimum Gasteiger partial charge on any atom is -0.378 e. The molecule has 0 aliphatic heterocycles. The first-order chi connectivity index (χ1) is 9.36. The number of hydrogen-bond acceptors (Lipinski definition) is 6. The lowest BCUT2D eigenvalue weighted by molar-refractivity contribution is -0.387. The molecule has 0 bridgehead atoms. The molecule has 0 aliphatic carbocycles. The Labute approximate surface area is 116 Å². The first-order valence-corrected chi connectivity index (χ1v) is 6.91. The van der Waals surface area contributed by atoms with E-state index in [-0.39, 0.29) is 13.1 Å². The molecule has 108 valence electrons. The van der Waals surface area contributed by atoms with E-state index in [2.05, 4.69) is 18.1 Å². The third-order valence-electron chi connectivity index (χ3n) is 2.38.